The maximum Gasteiger partial charge on any atom is 0.115 e. The second kappa shape index (κ2) is 4.73. The molecule has 3 N–H and O–H groups in total. The molecule has 0 spiro atoms. The molecule has 0 radical (unpaired) electrons. The van der Waals surface area contributed by atoms with Crippen LogP contribution in [0.4, 0.5) is 0 Å². The van der Waals surface area contributed by atoms with Crippen LogP contribution in [-0.4, -0.2) is 28.4 Å². The predicted octanol–water partition coefficient (Wildman–Crippen LogP) is 3.44. The summed E-state index contributed by atoms with van der Waals surface area (Å²) in [5, 5.41) is 24.5. The van der Waals surface area contributed by atoms with Gasteiger partial charge in [0.25, 0.3) is 0 Å². The van der Waals surface area contributed by atoms with E-state index in [0.717, 1.165) is 38.6 Å². The summed E-state index contributed by atoms with van der Waals surface area (Å²) < 4.78 is 0. The van der Waals surface area contributed by atoms with E-state index in [2.05, 4.69) is 32.2 Å². The Morgan fingerprint density at radius 3 is 2.61 bits per heavy atom. The number of hydrogen-bond donors (Lipinski definition) is 3. The van der Waals surface area contributed by atoms with E-state index >= 15 is 0 Å². The summed E-state index contributed by atoms with van der Waals surface area (Å²) in [6, 6.07) is 6.32. The van der Waals surface area contributed by atoms with Crippen LogP contribution < -0.4 is 5.32 Å². The monoisotopic (exact) mass is 315 g/mol. The number of phenols is 1. The van der Waals surface area contributed by atoms with Gasteiger partial charge in [-0.1, -0.05) is 26.8 Å². The Balaban J connectivity index is 1.91. The molecule has 1 aliphatic heterocycles. The fourth-order valence-corrected chi connectivity index (χ4v) is 5.71. The highest BCUT2D eigenvalue weighted by Gasteiger charge is 2.59. The van der Waals surface area contributed by atoms with E-state index in [-0.39, 0.29) is 10.8 Å². The summed E-state index contributed by atoms with van der Waals surface area (Å²) in [6.07, 6.45) is 4.91. The lowest BCUT2D eigenvalue weighted by Crippen LogP contribution is -2.65. The van der Waals surface area contributed by atoms with Gasteiger partial charge in [0.1, 0.15) is 5.75 Å². The molecule has 0 amide bonds. The van der Waals surface area contributed by atoms with Crippen molar-refractivity contribution in [2.75, 3.05) is 6.54 Å². The van der Waals surface area contributed by atoms with Crippen LogP contribution in [0.15, 0.2) is 18.2 Å². The number of aliphatic hydroxyl groups is 1. The third kappa shape index (κ3) is 2.02. The average Bonchev–Trinajstić information content (AvgIpc) is 3.21. The van der Waals surface area contributed by atoms with E-state index in [9.17, 15) is 10.2 Å². The van der Waals surface area contributed by atoms with Crippen LogP contribution in [0.2, 0.25) is 0 Å². The summed E-state index contributed by atoms with van der Waals surface area (Å²) in [4.78, 5) is 0. The zero-order chi connectivity index (χ0) is 16.5. The quantitative estimate of drug-likeness (QED) is 0.801. The second-order valence-corrected chi connectivity index (χ2v) is 8.65. The maximum absolute atomic E-state index is 10.6. The van der Waals surface area contributed by atoms with Crippen molar-refractivity contribution >= 4 is 0 Å². The predicted molar refractivity (Wildman–Crippen MR) is 91.8 cm³/mol. The molecule has 2 aliphatic carbocycles. The van der Waals surface area contributed by atoms with Gasteiger partial charge in [-0.25, -0.2) is 0 Å². The van der Waals surface area contributed by atoms with E-state index in [1.807, 2.05) is 12.1 Å². The molecule has 0 aromatic heterocycles. The smallest absolute Gasteiger partial charge is 0.115 e. The molecule has 2 fully saturated rings. The highest BCUT2D eigenvalue weighted by molar-refractivity contribution is 5.49. The third-order valence-electron chi connectivity index (χ3n) is 7.31. The van der Waals surface area contributed by atoms with Crippen molar-refractivity contribution in [3.05, 3.63) is 29.3 Å². The molecular weight excluding hydrogens is 286 g/mol. The van der Waals surface area contributed by atoms with Crippen LogP contribution >= 0.6 is 0 Å². The first-order valence-corrected chi connectivity index (χ1v) is 9.12. The molecule has 1 saturated heterocycles. The van der Waals surface area contributed by atoms with Crippen LogP contribution in [0.1, 0.15) is 69.9 Å². The lowest BCUT2D eigenvalue weighted by Gasteiger charge is -2.61. The van der Waals surface area contributed by atoms with Crippen molar-refractivity contribution in [2.45, 2.75) is 75.9 Å². The molecule has 1 aromatic carbocycles. The van der Waals surface area contributed by atoms with Crippen LogP contribution in [0.25, 0.3) is 0 Å². The molecule has 1 saturated carbocycles. The Labute approximate surface area is 139 Å². The molecule has 3 unspecified atom stereocenters. The van der Waals surface area contributed by atoms with Crippen LogP contribution in [0, 0.1) is 5.41 Å². The highest BCUT2D eigenvalue weighted by atomic mass is 16.3. The average molecular weight is 315 g/mol. The van der Waals surface area contributed by atoms with E-state index in [1.165, 1.54) is 11.1 Å². The van der Waals surface area contributed by atoms with Crippen LogP contribution in [-0.2, 0) is 5.41 Å². The minimum Gasteiger partial charge on any atom is -0.508 e. The first-order chi connectivity index (χ1) is 10.8. The van der Waals surface area contributed by atoms with Gasteiger partial charge in [-0.15, -0.1) is 0 Å². The van der Waals surface area contributed by atoms with E-state index < -0.39 is 5.60 Å². The third-order valence-corrected chi connectivity index (χ3v) is 7.31. The van der Waals surface area contributed by atoms with E-state index in [4.69, 9.17) is 0 Å². The van der Waals surface area contributed by atoms with Crippen molar-refractivity contribution in [2.24, 2.45) is 5.41 Å². The summed E-state index contributed by atoms with van der Waals surface area (Å²) >= 11 is 0. The molecule has 126 valence electrons. The first kappa shape index (κ1) is 15.5. The second-order valence-electron chi connectivity index (χ2n) is 8.65. The molecule has 3 aliphatic rings. The lowest BCUT2D eigenvalue weighted by atomic mass is 9.47. The van der Waals surface area contributed by atoms with E-state index in [0.29, 0.717) is 17.7 Å². The van der Waals surface area contributed by atoms with Gasteiger partial charge in [0.05, 0.1) is 5.60 Å². The van der Waals surface area contributed by atoms with Crippen molar-refractivity contribution in [1.82, 2.24) is 5.32 Å². The van der Waals surface area contributed by atoms with Crippen molar-refractivity contribution in [1.29, 1.82) is 0 Å². The largest absolute Gasteiger partial charge is 0.508 e. The zero-order valence-electron chi connectivity index (χ0n) is 14.5. The molecule has 1 aromatic rings. The number of rotatable bonds is 3. The number of fused-ring (bicyclic) bond motifs is 4. The molecule has 3 heteroatoms. The number of phenolic OH excluding ortho intramolecular Hbond substituents is 1. The molecular formula is C20H29NO2. The van der Waals surface area contributed by atoms with Crippen LogP contribution in [0.5, 0.6) is 5.75 Å². The molecule has 23 heavy (non-hydrogen) atoms. The highest BCUT2D eigenvalue weighted by Crippen LogP contribution is 2.61. The van der Waals surface area contributed by atoms with Gasteiger partial charge < -0.3 is 15.5 Å². The fourth-order valence-electron chi connectivity index (χ4n) is 5.71. The minimum absolute atomic E-state index is 0.108. The van der Waals surface area contributed by atoms with Gasteiger partial charge in [0.2, 0.25) is 0 Å². The summed E-state index contributed by atoms with van der Waals surface area (Å²) in [7, 11) is 0. The van der Waals surface area contributed by atoms with E-state index in [1.54, 1.807) is 0 Å². The SMILES string of the molecule is CCC12CCNC(C(CC3(O)CC3)c3ccc(O)cc31)C2(C)C. The normalized spacial score (nSPS) is 36.3. The molecule has 4 rings (SSSR count). The Hall–Kier alpha value is -1.06. The van der Waals surface area contributed by atoms with Crippen molar-refractivity contribution in [3.8, 4) is 5.75 Å². The Kier molecular flexibility index (Phi) is 3.18. The lowest BCUT2D eigenvalue weighted by molar-refractivity contribution is 0.00847. The number of benzene rings is 1. The van der Waals surface area contributed by atoms with Gasteiger partial charge >= 0.3 is 0 Å². The Morgan fingerprint density at radius 2 is 1.96 bits per heavy atom. The number of hydrogen-bond acceptors (Lipinski definition) is 3. The fraction of sp³-hybridized carbons (Fsp3) is 0.700. The van der Waals surface area contributed by atoms with Gasteiger partial charge in [0.15, 0.2) is 0 Å². The topological polar surface area (TPSA) is 52.5 Å². The maximum atomic E-state index is 10.6. The Bertz CT molecular complexity index is 635. The zero-order valence-corrected chi connectivity index (χ0v) is 14.5. The molecule has 1 heterocycles. The number of piperidine rings is 1. The molecule has 3 atom stereocenters. The summed E-state index contributed by atoms with van der Waals surface area (Å²) in [6.45, 7) is 8.06. The van der Waals surface area contributed by atoms with Crippen LogP contribution in [0.3, 0.4) is 0 Å². The Morgan fingerprint density at radius 1 is 1.22 bits per heavy atom. The number of aromatic hydroxyl groups is 1. The van der Waals surface area contributed by atoms with Crippen molar-refractivity contribution in [3.63, 3.8) is 0 Å². The van der Waals surface area contributed by atoms with Gasteiger partial charge in [0, 0.05) is 17.4 Å². The first-order valence-electron chi connectivity index (χ1n) is 9.12. The van der Waals surface area contributed by atoms with Gasteiger partial charge in [-0.05, 0) is 67.3 Å². The number of nitrogens with one attached hydrogen (secondary N) is 1. The van der Waals surface area contributed by atoms with Gasteiger partial charge in [-0.2, -0.15) is 0 Å². The minimum atomic E-state index is -0.457. The molecule has 2 bridgehead atoms. The summed E-state index contributed by atoms with van der Waals surface area (Å²) in [5.74, 6) is 0.696. The van der Waals surface area contributed by atoms with Crippen molar-refractivity contribution < 1.29 is 10.2 Å². The molecule has 3 nitrogen and oxygen atoms in total. The van der Waals surface area contributed by atoms with Gasteiger partial charge in [-0.3, -0.25) is 0 Å². The summed E-state index contributed by atoms with van der Waals surface area (Å²) in [5.41, 5.74) is 2.44. The standard InChI is InChI=1S/C20H29NO2/c1-4-20-9-10-21-17(18(20,2)3)15(12-19(23)7-8-19)14-6-5-13(22)11-16(14)20/h5-6,11,15,17,21-23H,4,7-10,12H2,1-3H3.